The molecule has 3 aromatic heterocycles. The maximum atomic E-state index is 14.0. The molecule has 5 aromatic rings. The Balaban J connectivity index is 1.69. The molecule has 4 nitrogen and oxygen atoms in total. The highest BCUT2D eigenvalue weighted by molar-refractivity contribution is 6.05. The zero-order chi connectivity index (χ0) is 34.6. The smallest absolute Gasteiger partial charge is 0.353 e. The van der Waals surface area contributed by atoms with Crippen molar-refractivity contribution >= 4 is 67.9 Å². The van der Waals surface area contributed by atoms with E-state index in [0.29, 0.717) is 24.3 Å². The van der Waals surface area contributed by atoms with Gasteiger partial charge in [0, 0.05) is 32.6 Å². The van der Waals surface area contributed by atoms with Crippen molar-refractivity contribution in [1.29, 1.82) is 0 Å². The van der Waals surface area contributed by atoms with Crippen LogP contribution in [0.1, 0.15) is 45.0 Å². The van der Waals surface area contributed by atoms with Crippen molar-refractivity contribution < 1.29 is 52.7 Å². The molecule has 0 aliphatic carbocycles. The first kappa shape index (κ1) is 31.3. The highest BCUT2D eigenvalue weighted by Gasteiger charge is 2.44. The minimum atomic E-state index is -5.40. The summed E-state index contributed by atoms with van der Waals surface area (Å²) in [7, 11) is 0. The van der Waals surface area contributed by atoms with E-state index in [1.807, 2.05) is 0 Å². The van der Waals surface area contributed by atoms with E-state index >= 15 is 0 Å². The van der Waals surface area contributed by atoms with Crippen LogP contribution in [-0.4, -0.2) is 19.9 Å². The molecule has 2 aliphatic rings. The van der Waals surface area contributed by atoms with Crippen molar-refractivity contribution in [3.63, 3.8) is 0 Å². The SMILES string of the molecule is FC(F)(F)c1cc2c3nc(c4ccc([nH]4)c4cc(C(F)(F)F)c(C(F)(F)F)cc4c4nc(c5ccc([nH]5)c2cc1C(F)(F)F)C=C4)C=C3. The average molecular weight is 682 g/mol. The van der Waals surface area contributed by atoms with Crippen LogP contribution in [0.15, 0.2) is 48.5 Å². The molecule has 0 saturated heterocycles. The number of alkyl halides is 12. The molecular formula is C32H14F12N4. The molecule has 2 aliphatic heterocycles. The van der Waals surface area contributed by atoms with Crippen LogP contribution in [0.2, 0.25) is 0 Å². The number of aromatic amines is 2. The van der Waals surface area contributed by atoms with Crippen LogP contribution in [0.25, 0.3) is 67.9 Å². The molecule has 0 spiro atoms. The molecular weight excluding hydrogens is 668 g/mol. The van der Waals surface area contributed by atoms with Crippen LogP contribution in [-0.2, 0) is 24.7 Å². The van der Waals surface area contributed by atoms with Crippen LogP contribution in [0, 0.1) is 0 Å². The van der Waals surface area contributed by atoms with Crippen molar-refractivity contribution in [3.8, 4) is 0 Å². The first-order valence-electron chi connectivity index (χ1n) is 13.6. The minimum absolute atomic E-state index is 0.0353. The lowest BCUT2D eigenvalue weighted by molar-refractivity contribution is -0.161. The number of halogens is 12. The average Bonchev–Trinajstić information content (AvgIpc) is 3.80. The predicted molar refractivity (Wildman–Crippen MR) is 154 cm³/mol. The van der Waals surface area contributed by atoms with E-state index in [1.54, 1.807) is 0 Å². The van der Waals surface area contributed by atoms with Crippen molar-refractivity contribution in [2.24, 2.45) is 0 Å². The number of rotatable bonds is 0. The molecule has 0 amide bonds. The molecule has 8 bridgehead atoms. The predicted octanol–water partition coefficient (Wildman–Crippen LogP) is 11.0. The number of nitrogens with zero attached hydrogens (tertiary/aromatic N) is 2. The molecule has 0 radical (unpaired) electrons. The summed E-state index contributed by atoms with van der Waals surface area (Å²) in [6.45, 7) is 0. The lowest BCUT2D eigenvalue weighted by Gasteiger charge is -2.16. The summed E-state index contributed by atoms with van der Waals surface area (Å²) in [5, 5.41) is -1.22. The zero-order valence-electron chi connectivity index (χ0n) is 23.4. The molecule has 246 valence electrons. The third-order valence-electron chi connectivity index (χ3n) is 7.87. The lowest BCUT2D eigenvalue weighted by Crippen LogP contribution is -2.16. The van der Waals surface area contributed by atoms with E-state index < -0.39 is 47.0 Å². The van der Waals surface area contributed by atoms with E-state index in [9.17, 15) is 52.7 Å². The standard InChI is InChI=1S/C32H14F12N4/c33-29(34,35)17-9-13-14(10-18(17)30(36,37)38)22-3-7-27(47-22)28-8-4-24(48-28)16-12-20(32(42,43)44)19(31(39,40)41)11-15(16)23-2-6-26(46-23)25-5-1-21(13)45-25/h1-12,45,48H. The fourth-order valence-corrected chi connectivity index (χ4v) is 5.73. The van der Waals surface area contributed by atoms with Gasteiger partial charge in [-0.25, -0.2) is 9.97 Å². The van der Waals surface area contributed by atoms with Gasteiger partial charge in [0.15, 0.2) is 0 Å². The molecule has 48 heavy (non-hydrogen) atoms. The fraction of sp³-hybridized carbons (Fsp3) is 0.125. The number of hydrogen-bond acceptors (Lipinski definition) is 2. The quantitative estimate of drug-likeness (QED) is 0.157. The van der Waals surface area contributed by atoms with Crippen LogP contribution in [0.4, 0.5) is 52.7 Å². The topological polar surface area (TPSA) is 57.4 Å². The normalized spacial score (nSPS) is 14.1. The van der Waals surface area contributed by atoms with Crippen LogP contribution >= 0.6 is 0 Å². The Kier molecular flexibility index (Phi) is 6.60. The molecule has 2 aromatic carbocycles. The van der Waals surface area contributed by atoms with E-state index in [4.69, 9.17) is 0 Å². The van der Waals surface area contributed by atoms with Crippen LogP contribution in [0.5, 0.6) is 0 Å². The van der Waals surface area contributed by atoms with Gasteiger partial charge in [0.1, 0.15) is 0 Å². The highest BCUT2D eigenvalue weighted by Crippen LogP contribution is 2.45. The van der Waals surface area contributed by atoms with Crippen molar-refractivity contribution in [3.05, 3.63) is 93.6 Å². The fourth-order valence-electron chi connectivity index (χ4n) is 5.73. The summed E-state index contributed by atoms with van der Waals surface area (Å²) in [5.41, 5.74) is -7.97. The number of H-pyrrole nitrogens is 2. The lowest BCUT2D eigenvalue weighted by atomic mass is 9.99. The van der Waals surface area contributed by atoms with Crippen molar-refractivity contribution in [2.45, 2.75) is 24.7 Å². The third kappa shape index (κ3) is 5.24. The van der Waals surface area contributed by atoms with E-state index in [-0.39, 0.29) is 66.4 Å². The Bertz CT molecular complexity index is 2230. The Morgan fingerprint density at radius 2 is 0.625 bits per heavy atom. The number of hydrogen-bond donors (Lipinski definition) is 2. The first-order chi connectivity index (χ1) is 22.3. The third-order valence-corrected chi connectivity index (χ3v) is 7.87. The van der Waals surface area contributed by atoms with E-state index in [0.717, 1.165) is 0 Å². The summed E-state index contributed by atoms with van der Waals surface area (Å²) >= 11 is 0. The number of benzene rings is 2. The monoisotopic (exact) mass is 682 g/mol. The van der Waals surface area contributed by atoms with Gasteiger partial charge in [-0.05, 0) is 72.8 Å². The maximum absolute atomic E-state index is 14.0. The summed E-state index contributed by atoms with van der Waals surface area (Å²) < 4.78 is 167. The molecule has 2 N–H and O–H groups in total. The second-order valence-electron chi connectivity index (χ2n) is 10.9. The van der Waals surface area contributed by atoms with Gasteiger partial charge in [-0.3, -0.25) is 0 Å². The Morgan fingerprint density at radius 3 is 0.938 bits per heavy atom. The molecule has 5 heterocycles. The van der Waals surface area contributed by atoms with Gasteiger partial charge in [0.05, 0.1) is 56.1 Å². The van der Waals surface area contributed by atoms with Crippen LogP contribution in [0.3, 0.4) is 0 Å². The van der Waals surface area contributed by atoms with Crippen molar-refractivity contribution in [1.82, 2.24) is 19.9 Å². The van der Waals surface area contributed by atoms with Crippen LogP contribution < -0.4 is 0 Å². The molecule has 0 fully saturated rings. The first-order valence-corrected chi connectivity index (χ1v) is 13.6. The summed E-state index contributed by atoms with van der Waals surface area (Å²) in [6, 6.07) is 6.64. The number of fused-ring (bicyclic) bond motifs is 16. The molecule has 0 saturated carbocycles. The minimum Gasteiger partial charge on any atom is -0.353 e. The van der Waals surface area contributed by atoms with Gasteiger partial charge in [0.25, 0.3) is 0 Å². The molecule has 0 unspecified atom stereocenters. The molecule has 0 atom stereocenters. The van der Waals surface area contributed by atoms with Crippen molar-refractivity contribution in [2.75, 3.05) is 0 Å². The summed E-state index contributed by atoms with van der Waals surface area (Å²) in [4.78, 5) is 14.2. The molecule has 16 heteroatoms. The largest absolute Gasteiger partial charge is 0.417 e. The Hall–Kier alpha value is -5.28. The van der Waals surface area contributed by atoms with Gasteiger partial charge >= 0.3 is 24.7 Å². The van der Waals surface area contributed by atoms with Gasteiger partial charge in [-0.15, -0.1) is 0 Å². The summed E-state index contributed by atoms with van der Waals surface area (Å²) in [6.07, 6.45) is -16.5. The second-order valence-corrected chi connectivity index (χ2v) is 10.9. The van der Waals surface area contributed by atoms with E-state index in [2.05, 4.69) is 19.9 Å². The Morgan fingerprint density at radius 1 is 0.354 bits per heavy atom. The maximum Gasteiger partial charge on any atom is 0.417 e. The Labute approximate surface area is 259 Å². The van der Waals surface area contributed by atoms with Gasteiger partial charge in [-0.1, -0.05) is 0 Å². The number of aromatic nitrogens is 4. The zero-order valence-corrected chi connectivity index (χ0v) is 23.4. The van der Waals surface area contributed by atoms with Gasteiger partial charge in [-0.2, -0.15) is 52.7 Å². The van der Waals surface area contributed by atoms with Gasteiger partial charge < -0.3 is 9.97 Å². The second kappa shape index (κ2) is 10.1. The highest BCUT2D eigenvalue weighted by atomic mass is 19.4. The number of nitrogens with one attached hydrogen (secondary N) is 2. The molecule has 7 rings (SSSR count). The van der Waals surface area contributed by atoms with Gasteiger partial charge in [0.2, 0.25) is 0 Å². The summed E-state index contributed by atoms with van der Waals surface area (Å²) in [5.74, 6) is 0. The van der Waals surface area contributed by atoms with E-state index in [1.165, 1.54) is 48.6 Å².